The summed E-state index contributed by atoms with van der Waals surface area (Å²) >= 11 is 1.88. The van der Waals surface area contributed by atoms with Gasteiger partial charge in [-0.1, -0.05) is 110 Å². The Morgan fingerprint density at radius 1 is 0.741 bits per heavy atom. The monoisotopic (exact) mass is 392 g/mol. The Bertz CT molecular complexity index is 431. The Hall–Kier alpha value is -0.470. The van der Waals surface area contributed by atoms with Crippen LogP contribution in [0.25, 0.3) is 0 Å². The molecule has 0 aliphatic heterocycles. The molecule has 1 nitrogen and oxygen atoms in total. The summed E-state index contributed by atoms with van der Waals surface area (Å²) in [4.78, 5) is 1.29. The number of hydrogen-bond acceptors (Lipinski definition) is 2. The lowest BCUT2D eigenvalue weighted by Crippen LogP contribution is -2.23. The van der Waals surface area contributed by atoms with Gasteiger partial charge in [0.25, 0.3) is 0 Å². The Labute approximate surface area is 173 Å². The van der Waals surface area contributed by atoms with Crippen LogP contribution in [0.15, 0.2) is 35.2 Å². The zero-order chi connectivity index (χ0) is 19.7. The number of rotatable bonds is 17. The van der Waals surface area contributed by atoms with Crippen LogP contribution in [0.2, 0.25) is 0 Å². The quantitative estimate of drug-likeness (QED) is 0.213. The van der Waals surface area contributed by atoms with Crippen molar-refractivity contribution in [2.24, 2.45) is 5.92 Å². The Morgan fingerprint density at radius 2 is 1.30 bits per heavy atom. The molecule has 1 aromatic carbocycles. The van der Waals surface area contributed by atoms with Crippen LogP contribution in [0.1, 0.15) is 104 Å². The van der Waals surface area contributed by atoms with Crippen molar-refractivity contribution in [2.75, 3.05) is 0 Å². The van der Waals surface area contributed by atoms with Crippen molar-refractivity contribution < 1.29 is 5.11 Å². The first-order valence-electron chi connectivity index (χ1n) is 11.5. The fourth-order valence-electron chi connectivity index (χ4n) is 3.58. The summed E-state index contributed by atoms with van der Waals surface area (Å²) in [5.41, 5.74) is 0. The molecule has 2 heteroatoms. The predicted molar refractivity (Wildman–Crippen MR) is 123 cm³/mol. The first-order chi connectivity index (χ1) is 13.1. The summed E-state index contributed by atoms with van der Waals surface area (Å²) in [6, 6.07) is 10.6. The molecule has 0 radical (unpaired) electrons. The van der Waals surface area contributed by atoms with Crippen molar-refractivity contribution in [3.8, 4) is 0 Å². The molecule has 156 valence electrons. The molecular formula is C25H44OS. The number of unbranched alkanes of at least 4 members (excludes halogenated alkanes) is 8. The molecule has 0 unspecified atom stereocenters. The van der Waals surface area contributed by atoms with Gasteiger partial charge in [0.15, 0.2) is 0 Å². The van der Waals surface area contributed by atoms with Gasteiger partial charge in [-0.3, -0.25) is 0 Å². The van der Waals surface area contributed by atoms with E-state index in [1.165, 1.54) is 75.5 Å². The second-order valence-electron chi connectivity index (χ2n) is 8.48. The molecule has 27 heavy (non-hydrogen) atoms. The minimum absolute atomic E-state index is 0.172. The van der Waals surface area contributed by atoms with Crippen LogP contribution in [-0.4, -0.2) is 16.5 Å². The number of hydrogen-bond donors (Lipinski definition) is 1. The van der Waals surface area contributed by atoms with Crippen molar-refractivity contribution in [1.82, 2.24) is 0 Å². The van der Waals surface area contributed by atoms with Gasteiger partial charge in [0.1, 0.15) is 0 Å². The van der Waals surface area contributed by atoms with Crippen molar-refractivity contribution in [3.63, 3.8) is 0 Å². The highest BCUT2D eigenvalue weighted by Gasteiger charge is 2.20. The summed E-state index contributed by atoms with van der Waals surface area (Å²) in [5.74, 6) is 0.785. The third-order valence-electron chi connectivity index (χ3n) is 5.33. The standard InChI is InChI=1S/C25H44OS/c1-4-5-6-7-8-9-10-14-20-24(26)25(21-16-15-17-22(2)3)27-23-18-12-11-13-19-23/h11-13,18-19,22,24-26H,4-10,14-17,20-21H2,1-3H3/t24-,25-/m0/s1. The average Bonchev–Trinajstić information content (AvgIpc) is 2.66. The average molecular weight is 393 g/mol. The van der Waals surface area contributed by atoms with E-state index < -0.39 is 0 Å². The summed E-state index contributed by atoms with van der Waals surface area (Å²) in [6.45, 7) is 6.87. The predicted octanol–water partition coefficient (Wildman–Crippen LogP) is 8.26. The maximum absolute atomic E-state index is 10.8. The molecule has 0 saturated carbocycles. The maximum Gasteiger partial charge on any atom is 0.0662 e. The van der Waals surface area contributed by atoms with Gasteiger partial charge >= 0.3 is 0 Å². The molecule has 0 bridgehead atoms. The molecule has 1 N–H and O–H groups in total. The number of aliphatic hydroxyl groups is 1. The van der Waals surface area contributed by atoms with E-state index >= 15 is 0 Å². The normalized spacial score (nSPS) is 13.8. The van der Waals surface area contributed by atoms with E-state index in [-0.39, 0.29) is 6.10 Å². The van der Waals surface area contributed by atoms with Gasteiger partial charge in [-0.25, -0.2) is 0 Å². The molecule has 2 atom stereocenters. The molecule has 1 rings (SSSR count). The van der Waals surface area contributed by atoms with E-state index in [1.54, 1.807) is 0 Å². The SMILES string of the molecule is CCCCCCCCCC[C@H](O)[C@H](CCCCC(C)C)Sc1ccccc1. The van der Waals surface area contributed by atoms with Crippen molar-refractivity contribution in [2.45, 2.75) is 120 Å². The highest BCUT2D eigenvalue weighted by molar-refractivity contribution is 8.00. The lowest BCUT2D eigenvalue weighted by atomic mass is 10.00. The van der Waals surface area contributed by atoms with Gasteiger partial charge in [0, 0.05) is 10.1 Å². The number of benzene rings is 1. The third-order valence-corrected chi connectivity index (χ3v) is 6.73. The van der Waals surface area contributed by atoms with Crippen LogP contribution < -0.4 is 0 Å². The molecular weight excluding hydrogens is 348 g/mol. The Kier molecular flexibility index (Phi) is 15.0. The number of thioether (sulfide) groups is 1. The molecule has 0 saturated heterocycles. The van der Waals surface area contributed by atoms with Gasteiger partial charge in [-0.15, -0.1) is 11.8 Å². The molecule has 0 aliphatic rings. The zero-order valence-electron chi connectivity index (χ0n) is 18.2. The fraction of sp³-hybridized carbons (Fsp3) is 0.760. The highest BCUT2D eigenvalue weighted by atomic mass is 32.2. The second kappa shape index (κ2) is 16.5. The molecule has 1 aromatic rings. The molecule has 0 aromatic heterocycles. The first kappa shape index (κ1) is 24.6. The van der Waals surface area contributed by atoms with E-state index in [9.17, 15) is 5.11 Å². The van der Waals surface area contributed by atoms with Crippen LogP contribution in [0.4, 0.5) is 0 Å². The van der Waals surface area contributed by atoms with Gasteiger partial charge in [-0.05, 0) is 30.9 Å². The molecule has 0 aliphatic carbocycles. The second-order valence-corrected chi connectivity index (χ2v) is 9.79. The van der Waals surface area contributed by atoms with Crippen LogP contribution >= 0.6 is 11.8 Å². The highest BCUT2D eigenvalue weighted by Crippen LogP contribution is 2.31. The summed E-state index contributed by atoms with van der Waals surface area (Å²) in [6.07, 6.45) is 16.4. The topological polar surface area (TPSA) is 20.2 Å². The molecule has 0 spiro atoms. The zero-order valence-corrected chi connectivity index (χ0v) is 19.0. The minimum Gasteiger partial charge on any atom is -0.392 e. The van der Waals surface area contributed by atoms with Crippen molar-refractivity contribution in [1.29, 1.82) is 0 Å². The Morgan fingerprint density at radius 3 is 1.93 bits per heavy atom. The molecule has 0 heterocycles. The van der Waals surface area contributed by atoms with Gasteiger partial charge in [0.05, 0.1) is 6.10 Å². The Balaban J connectivity index is 2.32. The first-order valence-corrected chi connectivity index (χ1v) is 12.4. The smallest absolute Gasteiger partial charge is 0.0662 e. The van der Waals surface area contributed by atoms with Gasteiger partial charge in [0.2, 0.25) is 0 Å². The summed E-state index contributed by atoms with van der Waals surface area (Å²) < 4.78 is 0. The summed E-state index contributed by atoms with van der Waals surface area (Å²) in [5, 5.41) is 11.2. The third kappa shape index (κ3) is 13.4. The number of aliphatic hydroxyl groups excluding tert-OH is 1. The van der Waals surface area contributed by atoms with E-state index in [0.717, 1.165) is 18.8 Å². The maximum atomic E-state index is 10.8. The van der Waals surface area contributed by atoms with Gasteiger partial charge in [-0.2, -0.15) is 0 Å². The summed E-state index contributed by atoms with van der Waals surface area (Å²) in [7, 11) is 0. The van der Waals surface area contributed by atoms with Crippen LogP contribution in [0, 0.1) is 5.92 Å². The van der Waals surface area contributed by atoms with Gasteiger partial charge < -0.3 is 5.11 Å². The van der Waals surface area contributed by atoms with E-state index in [4.69, 9.17) is 0 Å². The van der Waals surface area contributed by atoms with Crippen molar-refractivity contribution in [3.05, 3.63) is 30.3 Å². The molecule has 0 fully saturated rings. The van der Waals surface area contributed by atoms with Crippen LogP contribution in [0.5, 0.6) is 0 Å². The van der Waals surface area contributed by atoms with E-state index in [2.05, 4.69) is 51.1 Å². The lowest BCUT2D eigenvalue weighted by Gasteiger charge is -2.23. The molecule has 0 amide bonds. The minimum atomic E-state index is -0.172. The van der Waals surface area contributed by atoms with Crippen LogP contribution in [0.3, 0.4) is 0 Å². The lowest BCUT2D eigenvalue weighted by molar-refractivity contribution is 0.153. The van der Waals surface area contributed by atoms with E-state index in [0.29, 0.717) is 5.25 Å². The van der Waals surface area contributed by atoms with Crippen LogP contribution in [-0.2, 0) is 0 Å². The van der Waals surface area contributed by atoms with E-state index in [1.807, 2.05) is 11.8 Å². The fourth-order valence-corrected chi connectivity index (χ4v) is 4.82. The van der Waals surface area contributed by atoms with Crippen molar-refractivity contribution >= 4 is 11.8 Å². The largest absolute Gasteiger partial charge is 0.392 e.